The number of thioether (sulfide) groups is 1. The largest absolute Gasteiger partial charge is 0.481 e. The number of hydrogen-bond donors (Lipinski definition) is 5. The van der Waals surface area contributed by atoms with Crippen LogP contribution in [0, 0.1) is 5.92 Å². The van der Waals surface area contributed by atoms with Crippen molar-refractivity contribution in [2.75, 3.05) is 18.6 Å². The van der Waals surface area contributed by atoms with Gasteiger partial charge >= 0.3 is 11.9 Å². The molecule has 0 bridgehead atoms. The molecule has 1 aliphatic heterocycles. The Bertz CT molecular complexity index is 703. The summed E-state index contributed by atoms with van der Waals surface area (Å²) in [6, 6.07) is -3.98. The number of hydrogen-bond acceptors (Lipinski definition) is 7. The molecule has 0 aromatic heterocycles. The summed E-state index contributed by atoms with van der Waals surface area (Å²) in [7, 11) is 0. The molecule has 1 fully saturated rings. The van der Waals surface area contributed by atoms with Crippen LogP contribution in [0.5, 0.6) is 0 Å². The van der Waals surface area contributed by atoms with Gasteiger partial charge in [-0.1, -0.05) is 13.8 Å². The highest BCUT2D eigenvalue weighted by atomic mass is 32.2. The third kappa shape index (κ3) is 8.30. The number of nitrogens with two attached hydrogens (primary N) is 1. The van der Waals surface area contributed by atoms with Gasteiger partial charge in [-0.05, 0) is 43.6 Å². The molecule has 1 rings (SSSR count). The minimum absolute atomic E-state index is 0.152. The summed E-state index contributed by atoms with van der Waals surface area (Å²) >= 11 is 1.46. The Labute approximate surface area is 191 Å². The molecule has 182 valence electrons. The van der Waals surface area contributed by atoms with Gasteiger partial charge in [-0.25, -0.2) is 4.79 Å². The van der Waals surface area contributed by atoms with Crippen molar-refractivity contribution < 1.29 is 34.2 Å². The van der Waals surface area contributed by atoms with Crippen LogP contribution in [-0.2, 0) is 24.0 Å². The molecule has 3 amide bonds. The molecule has 32 heavy (non-hydrogen) atoms. The summed E-state index contributed by atoms with van der Waals surface area (Å²) in [6.45, 7) is 3.74. The number of amides is 3. The van der Waals surface area contributed by atoms with Crippen LogP contribution in [0.1, 0.15) is 46.0 Å². The molecule has 12 heteroatoms. The van der Waals surface area contributed by atoms with E-state index >= 15 is 0 Å². The second kappa shape index (κ2) is 13.3. The van der Waals surface area contributed by atoms with Crippen molar-refractivity contribution >= 4 is 41.4 Å². The molecule has 1 aliphatic rings. The van der Waals surface area contributed by atoms with E-state index in [-0.39, 0.29) is 31.7 Å². The second-order valence-electron chi connectivity index (χ2n) is 8.13. The fourth-order valence-corrected chi connectivity index (χ4v) is 3.83. The number of nitrogens with one attached hydrogen (secondary N) is 2. The van der Waals surface area contributed by atoms with Crippen LogP contribution >= 0.6 is 11.8 Å². The lowest BCUT2D eigenvalue weighted by molar-refractivity contribution is -0.145. The Morgan fingerprint density at radius 2 is 1.75 bits per heavy atom. The predicted octanol–water partition coefficient (Wildman–Crippen LogP) is -0.367. The summed E-state index contributed by atoms with van der Waals surface area (Å²) in [6.07, 6.45) is 2.44. The molecule has 4 unspecified atom stereocenters. The Balaban J connectivity index is 2.96. The highest BCUT2D eigenvalue weighted by Gasteiger charge is 2.39. The zero-order chi connectivity index (χ0) is 24.4. The van der Waals surface area contributed by atoms with E-state index in [0.29, 0.717) is 18.6 Å². The van der Waals surface area contributed by atoms with E-state index in [9.17, 15) is 29.1 Å². The van der Waals surface area contributed by atoms with Gasteiger partial charge in [0.15, 0.2) is 0 Å². The minimum Gasteiger partial charge on any atom is -0.481 e. The number of rotatable bonds is 13. The maximum absolute atomic E-state index is 13.2. The highest BCUT2D eigenvalue weighted by Crippen LogP contribution is 2.20. The molecule has 0 radical (unpaired) electrons. The maximum Gasteiger partial charge on any atom is 0.326 e. The van der Waals surface area contributed by atoms with E-state index in [0.717, 1.165) is 0 Å². The van der Waals surface area contributed by atoms with Gasteiger partial charge in [-0.3, -0.25) is 19.2 Å². The monoisotopic (exact) mass is 474 g/mol. The fourth-order valence-electron chi connectivity index (χ4n) is 3.36. The quantitative estimate of drug-likeness (QED) is 0.238. The van der Waals surface area contributed by atoms with Crippen molar-refractivity contribution in [3.63, 3.8) is 0 Å². The van der Waals surface area contributed by atoms with Crippen LogP contribution < -0.4 is 16.4 Å². The van der Waals surface area contributed by atoms with Crippen LogP contribution in [0.25, 0.3) is 0 Å². The summed E-state index contributed by atoms with van der Waals surface area (Å²) < 4.78 is 0. The molecular weight excluding hydrogens is 440 g/mol. The van der Waals surface area contributed by atoms with E-state index < -0.39 is 53.8 Å². The first kappa shape index (κ1) is 27.7. The Hall–Kier alpha value is -2.34. The van der Waals surface area contributed by atoms with Crippen molar-refractivity contribution in [1.82, 2.24) is 15.5 Å². The van der Waals surface area contributed by atoms with Gasteiger partial charge < -0.3 is 31.5 Å². The van der Waals surface area contributed by atoms with Crippen LogP contribution in [0.3, 0.4) is 0 Å². The van der Waals surface area contributed by atoms with Crippen LogP contribution in [0.2, 0.25) is 0 Å². The molecule has 0 aliphatic carbocycles. The molecule has 6 N–H and O–H groups in total. The maximum atomic E-state index is 13.2. The first-order valence-electron chi connectivity index (χ1n) is 10.6. The summed E-state index contributed by atoms with van der Waals surface area (Å²) in [4.78, 5) is 62.1. The van der Waals surface area contributed by atoms with E-state index in [1.165, 1.54) is 16.7 Å². The van der Waals surface area contributed by atoms with E-state index in [1.54, 1.807) is 13.8 Å². The second-order valence-corrected chi connectivity index (χ2v) is 9.12. The van der Waals surface area contributed by atoms with Crippen LogP contribution in [-0.4, -0.2) is 87.5 Å². The standard InChI is InChI=1S/C20H34N4O7S/c1-11(2)16(21)18(28)22-12(6-7-15(25)26)19(29)24-9-4-5-14(24)17(27)23-13(20(30)31)8-10-32-3/h11-14,16H,4-10,21H2,1-3H3,(H,22,28)(H,23,27)(H,25,26)(H,30,31). The summed E-state index contributed by atoms with van der Waals surface area (Å²) in [5.41, 5.74) is 5.84. The van der Waals surface area contributed by atoms with Crippen molar-refractivity contribution in [2.24, 2.45) is 11.7 Å². The number of carbonyl (C=O) groups is 5. The zero-order valence-corrected chi connectivity index (χ0v) is 19.5. The highest BCUT2D eigenvalue weighted by molar-refractivity contribution is 7.98. The van der Waals surface area contributed by atoms with Gasteiger partial charge in [0.25, 0.3) is 0 Å². The molecule has 1 saturated heterocycles. The lowest BCUT2D eigenvalue weighted by Gasteiger charge is -2.30. The van der Waals surface area contributed by atoms with Crippen molar-refractivity contribution in [3.05, 3.63) is 0 Å². The van der Waals surface area contributed by atoms with E-state index in [4.69, 9.17) is 10.8 Å². The van der Waals surface area contributed by atoms with Crippen molar-refractivity contribution in [1.29, 1.82) is 0 Å². The molecule has 0 spiro atoms. The number of likely N-dealkylation sites (tertiary alicyclic amines) is 1. The average molecular weight is 475 g/mol. The lowest BCUT2D eigenvalue weighted by atomic mass is 10.0. The molecule has 4 atom stereocenters. The van der Waals surface area contributed by atoms with Gasteiger partial charge in [0.05, 0.1) is 6.04 Å². The third-order valence-corrected chi connectivity index (χ3v) is 5.99. The number of carboxylic acids is 2. The van der Waals surface area contributed by atoms with E-state index in [2.05, 4.69) is 10.6 Å². The SMILES string of the molecule is CSCCC(NC(=O)C1CCCN1C(=O)C(CCC(=O)O)NC(=O)C(N)C(C)C)C(=O)O. The van der Waals surface area contributed by atoms with Gasteiger partial charge in [0, 0.05) is 13.0 Å². The molecule has 1 heterocycles. The number of carbonyl (C=O) groups excluding carboxylic acids is 3. The summed E-state index contributed by atoms with van der Waals surface area (Å²) in [5, 5.41) is 23.4. The van der Waals surface area contributed by atoms with E-state index in [1.807, 2.05) is 6.26 Å². The fraction of sp³-hybridized carbons (Fsp3) is 0.750. The van der Waals surface area contributed by atoms with Gasteiger partial charge in [0.2, 0.25) is 17.7 Å². The van der Waals surface area contributed by atoms with Gasteiger partial charge in [0.1, 0.15) is 18.1 Å². The van der Waals surface area contributed by atoms with Gasteiger partial charge in [-0.15, -0.1) is 0 Å². The Morgan fingerprint density at radius 3 is 2.28 bits per heavy atom. The van der Waals surface area contributed by atoms with Crippen molar-refractivity contribution in [3.8, 4) is 0 Å². The number of aliphatic carboxylic acids is 2. The van der Waals surface area contributed by atoms with Crippen molar-refractivity contribution in [2.45, 2.75) is 70.1 Å². The van der Waals surface area contributed by atoms with Crippen LogP contribution in [0.15, 0.2) is 0 Å². The number of carboxylic acid groups (broad SMARTS) is 2. The molecule has 0 aromatic carbocycles. The molecular formula is C20H34N4O7S. The smallest absolute Gasteiger partial charge is 0.326 e. The predicted molar refractivity (Wildman–Crippen MR) is 119 cm³/mol. The van der Waals surface area contributed by atoms with Crippen LogP contribution in [0.4, 0.5) is 0 Å². The molecule has 0 aromatic rings. The third-order valence-electron chi connectivity index (χ3n) is 5.35. The lowest BCUT2D eigenvalue weighted by Crippen LogP contribution is -2.57. The normalized spacial score (nSPS) is 18.7. The van der Waals surface area contributed by atoms with Gasteiger partial charge in [-0.2, -0.15) is 11.8 Å². The molecule has 0 saturated carbocycles. The molecule has 11 nitrogen and oxygen atoms in total. The first-order valence-corrected chi connectivity index (χ1v) is 12.0. The minimum atomic E-state index is -1.16. The zero-order valence-electron chi connectivity index (χ0n) is 18.7. The first-order chi connectivity index (χ1) is 15.0. The number of nitrogens with zero attached hydrogens (tertiary/aromatic N) is 1. The average Bonchev–Trinajstić information content (AvgIpc) is 3.22. The Morgan fingerprint density at radius 1 is 1.09 bits per heavy atom. The summed E-state index contributed by atoms with van der Waals surface area (Å²) in [5.74, 6) is -3.66. The Kier molecular flexibility index (Phi) is 11.5. The topological polar surface area (TPSA) is 179 Å².